The van der Waals surface area contributed by atoms with E-state index in [1.807, 2.05) is 0 Å². The van der Waals surface area contributed by atoms with Gasteiger partial charge in [0.2, 0.25) is 0 Å². The number of aliphatic carboxylic acids is 1. The molecule has 0 saturated carbocycles. The van der Waals surface area contributed by atoms with Gasteiger partial charge in [0.15, 0.2) is 0 Å². The number of carbonyl (C=O) groups excluding carboxylic acids is 1. The van der Waals surface area contributed by atoms with E-state index in [2.05, 4.69) is 26.6 Å². The fourth-order valence-electron chi connectivity index (χ4n) is 1.36. The first-order valence-corrected chi connectivity index (χ1v) is 6.58. The molecule has 0 radical (unpaired) electrons. The molecule has 0 aliphatic rings. The number of urea groups is 1. The Labute approximate surface area is 127 Å². The number of benzene rings is 1. The van der Waals surface area contributed by atoms with E-state index in [-0.39, 0.29) is 21.6 Å². The van der Waals surface area contributed by atoms with Gasteiger partial charge in [-0.15, -0.1) is 0 Å². The Morgan fingerprint density at radius 2 is 2.10 bits per heavy atom. The molecule has 0 spiro atoms. The summed E-state index contributed by atoms with van der Waals surface area (Å²) in [5.74, 6) is -1.87. The number of halogens is 3. The normalized spacial score (nSPS) is 11.8. The van der Waals surface area contributed by atoms with Gasteiger partial charge in [0.1, 0.15) is 11.9 Å². The van der Waals surface area contributed by atoms with Gasteiger partial charge in [-0.1, -0.05) is 11.6 Å². The lowest BCUT2D eigenvalue weighted by Gasteiger charge is -2.15. The molecule has 2 amide bonds. The molecule has 0 aliphatic carbocycles. The molecule has 110 valence electrons. The highest BCUT2D eigenvalue weighted by molar-refractivity contribution is 9.10. The van der Waals surface area contributed by atoms with E-state index in [0.717, 1.165) is 12.1 Å². The summed E-state index contributed by atoms with van der Waals surface area (Å²) in [5.41, 5.74) is 0.110. The fourth-order valence-corrected chi connectivity index (χ4v) is 2.25. The standard InChI is InChI=1S/C11H11BrClFN2O4/c12-6-3-5(14)4-7(13)9(6)16-11(20)15-8(1-2-17)10(18)19/h3-4,8,17H,1-2H2,(H,18,19)(H2,15,16,20)/t8-/m0/s1. The number of hydrogen-bond acceptors (Lipinski definition) is 3. The average Bonchev–Trinajstić information content (AvgIpc) is 2.33. The zero-order valence-electron chi connectivity index (χ0n) is 9.99. The fraction of sp³-hybridized carbons (Fsp3) is 0.273. The molecule has 0 aliphatic heterocycles. The number of nitrogens with one attached hydrogen (secondary N) is 2. The van der Waals surface area contributed by atoms with Gasteiger partial charge >= 0.3 is 12.0 Å². The number of amides is 2. The maximum absolute atomic E-state index is 13.0. The van der Waals surface area contributed by atoms with Gasteiger partial charge in [0.25, 0.3) is 0 Å². The van der Waals surface area contributed by atoms with Gasteiger partial charge in [-0.2, -0.15) is 0 Å². The molecule has 1 aromatic carbocycles. The number of aliphatic hydroxyl groups excluding tert-OH is 1. The molecule has 0 aromatic heterocycles. The van der Waals surface area contributed by atoms with Crippen molar-refractivity contribution in [3.8, 4) is 0 Å². The Morgan fingerprint density at radius 1 is 1.45 bits per heavy atom. The Balaban J connectivity index is 2.78. The van der Waals surface area contributed by atoms with E-state index in [1.54, 1.807) is 0 Å². The minimum absolute atomic E-state index is 0.0407. The van der Waals surface area contributed by atoms with Crippen LogP contribution in [-0.4, -0.2) is 34.9 Å². The molecule has 0 bridgehead atoms. The number of anilines is 1. The first-order valence-electron chi connectivity index (χ1n) is 5.41. The van der Waals surface area contributed by atoms with Crippen LogP contribution in [0.15, 0.2) is 16.6 Å². The van der Waals surface area contributed by atoms with E-state index >= 15 is 0 Å². The highest BCUT2D eigenvalue weighted by Crippen LogP contribution is 2.31. The van der Waals surface area contributed by atoms with Crippen molar-refractivity contribution >= 4 is 45.2 Å². The number of carboxylic acids is 1. The topological polar surface area (TPSA) is 98.7 Å². The Hall–Kier alpha value is -1.38. The van der Waals surface area contributed by atoms with Crippen molar-refractivity contribution in [3.63, 3.8) is 0 Å². The zero-order chi connectivity index (χ0) is 15.3. The molecule has 9 heteroatoms. The first kappa shape index (κ1) is 16.7. The summed E-state index contributed by atoms with van der Waals surface area (Å²) in [4.78, 5) is 22.5. The second kappa shape index (κ2) is 7.41. The molecule has 0 heterocycles. The highest BCUT2D eigenvalue weighted by Gasteiger charge is 2.20. The lowest BCUT2D eigenvalue weighted by Crippen LogP contribution is -2.43. The summed E-state index contributed by atoms with van der Waals surface area (Å²) in [6, 6.07) is 0.0341. The number of hydrogen-bond donors (Lipinski definition) is 4. The third-order valence-corrected chi connectivity index (χ3v) is 3.19. The molecule has 0 fully saturated rings. The van der Waals surface area contributed by atoms with Crippen LogP contribution in [-0.2, 0) is 4.79 Å². The maximum Gasteiger partial charge on any atom is 0.326 e. The molecule has 1 aromatic rings. The average molecular weight is 370 g/mol. The molecular weight excluding hydrogens is 358 g/mol. The summed E-state index contributed by atoms with van der Waals surface area (Å²) in [6.45, 7) is -0.391. The second-order valence-electron chi connectivity index (χ2n) is 3.75. The maximum atomic E-state index is 13.0. The van der Waals surface area contributed by atoms with Crippen LogP contribution in [0.3, 0.4) is 0 Å². The zero-order valence-corrected chi connectivity index (χ0v) is 12.3. The third-order valence-electron chi connectivity index (χ3n) is 2.27. The van der Waals surface area contributed by atoms with Crippen LogP contribution in [0.25, 0.3) is 0 Å². The van der Waals surface area contributed by atoms with Crippen LogP contribution in [0, 0.1) is 5.82 Å². The lowest BCUT2D eigenvalue weighted by molar-refractivity contribution is -0.139. The van der Waals surface area contributed by atoms with Crippen molar-refractivity contribution in [3.05, 3.63) is 27.4 Å². The number of carbonyl (C=O) groups is 2. The SMILES string of the molecule is O=C(Nc1c(Cl)cc(F)cc1Br)N[C@@H](CCO)C(=O)O. The Morgan fingerprint density at radius 3 is 2.60 bits per heavy atom. The van der Waals surface area contributed by atoms with Gasteiger partial charge < -0.3 is 20.8 Å². The van der Waals surface area contributed by atoms with Crippen molar-refractivity contribution in [1.29, 1.82) is 0 Å². The summed E-state index contributed by atoms with van der Waals surface area (Å²) in [6.07, 6.45) is -0.138. The smallest absolute Gasteiger partial charge is 0.326 e. The molecule has 1 atom stereocenters. The number of rotatable bonds is 5. The minimum atomic E-state index is -1.28. The van der Waals surface area contributed by atoms with E-state index in [4.69, 9.17) is 21.8 Å². The third kappa shape index (κ3) is 4.62. The molecule has 6 nitrogen and oxygen atoms in total. The second-order valence-corrected chi connectivity index (χ2v) is 5.01. The molecule has 0 unspecified atom stereocenters. The number of carboxylic acid groups (broad SMARTS) is 1. The Bertz CT molecular complexity index is 506. The van der Waals surface area contributed by atoms with Crippen molar-refractivity contribution in [1.82, 2.24) is 5.32 Å². The van der Waals surface area contributed by atoms with Gasteiger partial charge in [-0.3, -0.25) is 0 Å². The summed E-state index contributed by atoms with van der Waals surface area (Å²) >= 11 is 8.80. The molecule has 1 rings (SSSR count). The Kier molecular flexibility index (Phi) is 6.18. The van der Waals surface area contributed by atoms with Crippen LogP contribution in [0.1, 0.15) is 6.42 Å². The number of aliphatic hydroxyl groups is 1. The highest BCUT2D eigenvalue weighted by atomic mass is 79.9. The van der Waals surface area contributed by atoms with Gasteiger partial charge in [-0.25, -0.2) is 14.0 Å². The van der Waals surface area contributed by atoms with Crippen molar-refractivity contribution in [2.45, 2.75) is 12.5 Å². The van der Waals surface area contributed by atoms with Crippen LogP contribution in [0.2, 0.25) is 5.02 Å². The molecule has 4 N–H and O–H groups in total. The van der Waals surface area contributed by atoms with E-state index in [0.29, 0.717) is 0 Å². The monoisotopic (exact) mass is 368 g/mol. The lowest BCUT2D eigenvalue weighted by atomic mass is 10.2. The summed E-state index contributed by atoms with van der Waals surface area (Å²) in [7, 11) is 0. The predicted octanol–water partition coefficient (Wildman–Crippen LogP) is 2.20. The first-order chi connectivity index (χ1) is 9.35. The quantitative estimate of drug-likeness (QED) is 0.639. The van der Waals surface area contributed by atoms with Gasteiger partial charge in [-0.05, 0) is 28.1 Å². The largest absolute Gasteiger partial charge is 0.480 e. The van der Waals surface area contributed by atoms with Crippen LogP contribution in [0.4, 0.5) is 14.9 Å². The van der Waals surface area contributed by atoms with Crippen LogP contribution in [0.5, 0.6) is 0 Å². The molecular formula is C11H11BrClFN2O4. The van der Waals surface area contributed by atoms with Crippen molar-refractivity contribution < 1.29 is 24.2 Å². The molecule has 0 saturated heterocycles. The van der Waals surface area contributed by atoms with Crippen molar-refractivity contribution in [2.24, 2.45) is 0 Å². The molecule has 20 heavy (non-hydrogen) atoms. The summed E-state index contributed by atoms with van der Waals surface area (Å²) in [5, 5.41) is 21.9. The predicted molar refractivity (Wildman–Crippen MR) is 74.4 cm³/mol. The summed E-state index contributed by atoms with van der Waals surface area (Å²) < 4.78 is 13.2. The van der Waals surface area contributed by atoms with Crippen LogP contribution < -0.4 is 10.6 Å². The van der Waals surface area contributed by atoms with Gasteiger partial charge in [0.05, 0.1) is 10.7 Å². The van der Waals surface area contributed by atoms with Crippen LogP contribution >= 0.6 is 27.5 Å². The van der Waals surface area contributed by atoms with E-state index in [9.17, 15) is 14.0 Å². The van der Waals surface area contributed by atoms with E-state index in [1.165, 1.54) is 0 Å². The minimum Gasteiger partial charge on any atom is -0.480 e. The van der Waals surface area contributed by atoms with E-state index < -0.39 is 30.5 Å². The van der Waals surface area contributed by atoms with Crippen molar-refractivity contribution in [2.75, 3.05) is 11.9 Å². The van der Waals surface area contributed by atoms with Gasteiger partial charge in [0, 0.05) is 17.5 Å².